The van der Waals surface area contributed by atoms with Crippen molar-refractivity contribution in [2.24, 2.45) is 0 Å². The van der Waals surface area contributed by atoms with Gasteiger partial charge in [0.25, 0.3) is 5.91 Å². The molecule has 3 rings (SSSR count). The zero-order chi connectivity index (χ0) is 16.8. The highest BCUT2D eigenvalue weighted by Gasteiger charge is 2.23. The molecule has 0 bridgehead atoms. The number of hydrogen-bond donors (Lipinski definition) is 1. The van der Waals surface area contributed by atoms with Gasteiger partial charge >= 0.3 is 0 Å². The molecule has 2 aromatic rings. The summed E-state index contributed by atoms with van der Waals surface area (Å²) in [6.07, 6.45) is 1.32. The molecule has 1 N–H and O–H groups in total. The molecular formula is C18H22N4O2. The van der Waals surface area contributed by atoms with Gasteiger partial charge < -0.3 is 15.0 Å². The van der Waals surface area contributed by atoms with E-state index in [0.29, 0.717) is 12.4 Å². The first-order chi connectivity index (χ1) is 11.8. The van der Waals surface area contributed by atoms with E-state index in [2.05, 4.69) is 39.5 Å². The molecule has 1 atom stereocenters. The predicted octanol–water partition coefficient (Wildman–Crippen LogP) is 2.62. The molecule has 0 saturated carbocycles. The van der Waals surface area contributed by atoms with E-state index >= 15 is 0 Å². The van der Waals surface area contributed by atoms with Crippen molar-refractivity contribution in [3.63, 3.8) is 0 Å². The molecule has 1 fully saturated rings. The minimum Gasteiger partial charge on any atom is -0.368 e. The van der Waals surface area contributed by atoms with Crippen LogP contribution < -0.4 is 10.2 Å². The quantitative estimate of drug-likeness (QED) is 0.884. The lowest BCUT2D eigenvalue weighted by Crippen LogP contribution is -2.28. The monoisotopic (exact) mass is 326 g/mol. The SMILES string of the molecule is CCN(Cc1ccccc1)c1ccc(NC(=O)C2CCCO2)nn1. The third kappa shape index (κ3) is 4.08. The number of carbonyl (C=O) groups is 1. The zero-order valence-electron chi connectivity index (χ0n) is 13.8. The highest BCUT2D eigenvalue weighted by atomic mass is 16.5. The lowest BCUT2D eigenvalue weighted by atomic mass is 10.2. The van der Waals surface area contributed by atoms with Gasteiger partial charge in [-0.3, -0.25) is 4.79 Å². The second-order valence-electron chi connectivity index (χ2n) is 5.77. The number of hydrogen-bond acceptors (Lipinski definition) is 5. The van der Waals surface area contributed by atoms with Gasteiger partial charge in [0.2, 0.25) is 0 Å². The summed E-state index contributed by atoms with van der Waals surface area (Å²) < 4.78 is 5.36. The molecule has 1 unspecified atom stereocenters. The Morgan fingerprint density at radius 3 is 2.71 bits per heavy atom. The standard InChI is InChI=1S/C18H22N4O2/c1-2-22(13-14-7-4-3-5-8-14)17-11-10-16(20-21-17)19-18(23)15-9-6-12-24-15/h3-5,7-8,10-11,15H,2,6,9,12-13H2,1H3,(H,19,20,23). The van der Waals surface area contributed by atoms with Gasteiger partial charge in [-0.25, -0.2) is 0 Å². The highest BCUT2D eigenvalue weighted by Crippen LogP contribution is 2.17. The summed E-state index contributed by atoms with van der Waals surface area (Å²) in [6, 6.07) is 13.9. The van der Waals surface area contributed by atoms with Gasteiger partial charge in [0.05, 0.1) is 0 Å². The van der Waals surface area contributed by atoms with Crippen molar-refractivity contribution in [1.29, 1.82) is 0 Å². The van der Waals surface area contributed by atoms with E-state index in [0.717, 1.165) is 31.7 Å². The first kappa shape index (κ1) is 16.4. The van der Waals surface area contributed by atoms with Crippen LogP contribution in [0.1, 0.15) is 25.3 Å². The maximum absolute atomic E-state index is 12.0. The number of aromatic nitrogens is 2. The number of amides is 1. The highest BCUT2D eigenvalue weighted by molar-refractivity contribution is 5.93. The molecule has 0 radical (unpaired) electrons. The van der Waals surface area contributed by atoms with Crippen molar-refractivity contribution < 1.29 is 9.53 Å². The van der Waals surface area contributed by atoms with Gasteiger partial charge in [0.15, 0.2) is 11.6 Å². The van der Waals surface area contributed by atoms with Crippen LogP contribution in [0, 0.1) is 0 Å². The van der Waals surface area contributed by atoms with E-state index in [4.69, 9.17) is 4.74 Å². The number of rotatable bonds is 6. The number of benzene rings is 1. The van der Waals surface area contributed by atoms with E-state index in [9.17, 15) is 4.79 Å². The van der Waals surface area contributed by atoms with Crippen molar-refractivity contribution in [3.8, 4) is 0 Å². The van der Waals surface area contributed by atoms with Crippen molar-refractivity contribution in [2.75, 3.05) is 23.4 Å². The molecule has 1 aliphatic heterocycles. The second kappa shape index (κ2) is 7.88. The second-order valence-corrected chi connectivity index (χ2v) is 5.77. The molecule has 24 heavy (non-hydrogen) atoms. The van der Waals surface area contributed by atoms with Gasteiger partial charge in [0.1, 0.15) is 6.10 Å². The lowest BCUT2D eigenvalue weighted by Gasteiger charge is -2.21. The Morgan fingerprint density at radius 1 is 1.25 bits per heavy atom. The normalized spacial score (nSPS) is 16.8. The van der Waals surface area contributed by atoms with Crippen LogP contribution >= 0.6 is 0 Å². The fourth-order valence-electron chi connectivity index (χ4n) is 2.71. The molecule has 1 amide bonds. The summed E-state index contributed by atoms with van der Waals surface area (Å²) in [5.41, 5.74) is 1.22. The third-order valence-corrected chi connectivity index (χ3v) is 4.05. The molecule has 1 aliphatic rings. The molecule has 126 valence electrons. The van der Waals surface area contributed by atoms with Gasteiger partial charge in [-0.1, -0.05) is 30.3 Å². The van der Waals surface area contributed by atoms with Crippen LogP contribution in [0.25, 0.3) is 0 Å². The molecule has 6 heteroatoms. The number of ether oxygens (including phenoxy) is 1. The molecule has 1 aromatic carbocycles. The van der Waals surface area contributed by atoms with Crippen LogP contribution in [0.15, 0.2) is 42.5 Å². The Labute approximate surface area is 141 Å². The summed E-state index contributed by atoms with van der Waals surface area (Å²) >= 11 is 0. The van der Waals surface area contributed by atoms with Gasteiger partial charge in [-0.2, -0.15) is 0 Å². The van der Waals surface area contributed by atoms with Crippen LogP contribution in [0.3, 0.4) is 0 Å². The van der Waals surface area contributed by atoms with Crippen molar-refractivity contribution in [1.82, 2.24) is 10.2 Å². The maximum Gasteiger partial charge on any atom is 0.254 e. The summed E-state index contributed by atoms with van der Waals surface area (Å²) in [5, 5.41) is 11.1. The van der Waals surface area contributed by atoms with Gasteiger partial charge in [0, 0.05) is 19.7 Å². The number of carbonyl (C=O) groups excluding carboxylic acids is 1. The van der Waals surface area contributed by atoms with Gasteiger partial charge in [-0.15, -0.1) is 10.2 Å². The fourth-order valence-corrected chi connectivity index (χ4v) is 2.71. The Hall–Kier alpha value is -2.47. The average Bonchev–Trinajstić information content (AvgIpc) is 3.16. The van der Waals surface area contributed by atoms with E-state index in [1.807, 2.05) is 24.3 Å². The molecule has 0 aliphatic carbocycles. The van der Waals surface area contributed by atoms with E-state index in [1.165, 1.54) is 5.56 Å². The first-order valence-corrected chi connectivity index (χ1v) is 8.31. The minimum absolute atomic E-state index is 0.147. The van der Waals surface area contributed by atoms with E-state index in [-0.39, 0.29) is 12.0 Å². The molecule has 1 aromatic heterocycles. The fraction of sp³-hybridized carbons (Fsp3) is 0.389. The third-order valence-electron chi connectivity index (χ3n) is 4.05. The number of nitrogens with one attached hydrogen (secondary N) is 1. The largest absolute Gasteiger partial charge is 0.368 e. The summed E-state index contributed by atoms with van der Waals surface area (Å²) in [4.78, 5) is 14.1. The molecule has 6 nitrogen and oxygen atoms in total. The van der Waals surface area contributed by atoms with Crippen molar-refractivity contribution in [3.05, 3.63) is 48.0 Å². The summed E-state index contributed by atoms with van der Waals surface area (Å²) in [7, 11) is 0. The minimum atomic E-state index is -0.364. The van der Waals surface area contributed by atoms with Crippen LogP contribution in [-0.4, -0.2) is 35.4 Å². The van der Waals surface area contributed by atoms with Crippen LogP contribution in [0.4, 0.5) is 11.6 Å². The predicted molar refractivity (Wildman–Crippen MR) is 92.8 cm³/mol. The van der Waals surface area contributed by atoms with Crippen LogP contribution in [0.2, 0.25) is 0 Å². The van der Waals surface area contributed by atoms with Crippen LogP contribution in [-0.2, 0) is 16.1 Å². The molecular weight excluding hydrogens is 304 g/mol. The summed E-state index contributed by atoms with van der Waals surface area (Å²) in [6.45, 7) is 4.32. The Balaban J connectivity index is 1.63. The Morgan fingerprint density at radius 2 is 2.08 bits per heavy atom. The summed E-state index contributed by atoms with van der Waals surface area (Å²) in [5.74, 6) is 1.10. The Bertz CT molecular complexity index is 654. The lowest BCUT2D eigenvalue weighted by molar-refractivity contribution is -0.124. The first-order valence-electron chi connectivity index (χ1n) is 8.31. The Kier molecular flexibility index (Phi) is 5.38. The van der Waals surface area contributed by atoms with E-state index < -0.39 is 0 Å². The number of nitrogens with zero attached hydrogens (tertiary/aromatic N) is 3. The molecule has 0 spiro atoms. The zero-order valence-corrected chi connectivity index (χ0v) is 13.8. The topological polar surface area (TPSA) is 67.4 Å². The van der Waals surface area contributed by atoms with Crippen LogP contribution in [0.5, 0.6) is 0 Å². The molecule has 1 saturated heterocycles. The maximum atomic E-state index is 12.0. The van der Waals surface area contributed by atoms with Gasteiger partial charge in [-0.05, 0) is 37.5 Å². The number of anilines is 2. The van der Waals surface area contributed by atoms with Crippen molar-refractivity contribution >= 4 is 17.5 Å². The average molecular weight is 326 g/mol. The smallest absolute Gasteiger partial charge is 0.254 e. The molecule has 2 heterocycles. The van der Waals surface area contributed by atoms with Crippen molar-refractivity contribution in [2.45, 2.75) is 32.4 Å². The van der Waals surface area contributed by atoms with E-state index in [1.54, 1.807) is 6.07 Å².